The lowest BCUT2D eigenvalue weighted by molar-refractivity contribution is -0.140. The molecule has 0 aliphatic heterocycles. The molecule has 5 nitrogen and oxygen atoms in total. The number of carbonyl (C=O) groups excluding carboxylic acids is 1. The second-order valence-electron chi connectivity index (χ2n) is 13.2. The Hall–Kier alpha value is -1.96. The van der Waals surface area contributed by atoms with Crippen LogP contribution in [-0.4, -0.2) is 35.1 Å². The number of aliphatic hydroxyl groups is 1. The number of fused-ring (bicyclic) bond motifs is 1. The zero-order valence-corrected chi connectivity index (χ0v) is 23.3. The molecule has 0 heterocycles. The van der Waals surface area contributed by atoms with E-state index in [0.717, 1.165) is 25.7 Å². The largest absolute Gasteiger partial charge is 0.490 e. The van der Waals surface area contributed by atoms with Gasteiger partial charge in [0.15, 0.2) is 0 Å². The highest BCUT2D eigenvalue weighted by Crippen LogP contribution is 2.46. The first kappa shape index (κ1) is 29.6. The van der Waals surface area contributed by atoms with Crippen LogP contribution in [0, 0.1) is 17.3 Å². The Kier molecular flexibility index (Phi) is 8.53. The fraction of sp³-hybridized carbons (Fsp3) is 0.759. The third kappa shape index (κ3) is 7.33. The summed E-state index contributed by atoms with van der Waals surface area (Å²) in [4.78, 5) is 12.4. The fourth-order valence-electron chi connectivity index (χ4n) is 5.82. The molecule has 1 aromatic carbocycles. The molecule has 2 aliphatic rings. The van der Waals surface area contributed by atoms with Crippen LogP contribution in [0.1, 0.15) is 97.3 Å². The predicted octanol–water partition coefficient (Wildman–Crippen LogP) is 7.07. The number of rotatable bonds is 5. The summed E-state index contributed by atoms with van der Waals surface area (Å²) in [7, 11) is 0. The van der Waals surface area contributed by atoms with E-state index in [1.54, 1.807) is 33.8 Å². The lowest BCUT2D eigenvalue weighted by atomic mass is 9.72. The average Bonchev–Trinajstić information content (AvgIpc) is 2.76. The van der Waals surface area contributed by atoms with Gasteiger partial charge in [0, 0.05) is 0 Å². The van der Waals surface area contributed by atoms with Crippen LogP contribution in [-0.2, 0) is 23.8 Å². The fourth-order valence-corrected chi connectivity index (χ4v) is 5.82. The predicted molar refractivity (Wildman–Crippen MR) is 138 cm³/mol. The van der Waals surface area contributed by atoms with Crippen LogP contribution in [0.4, 0.5) is 18.0 Å². The summed E-state index contributed by atoms with van der Waals surface area (Å²) in [5, 5.41) is 12.9. The van der Waals surface area contributed by atoms with Crippen molar-refractivity contribution >= 4 is 6.09 Å². The minimum Gasteiger partial charge on any atom is -0.490 e. The van der Waals surface area contributed by atoms with Crippen molar-refractivity contribution in [3.8, 4) is 5.75 Å². The normalized spacial score (nSPS) is 24.6. The van der Waals surface area contributed by atoms with Gasteiger partial charge in [-0.25, -0.2) is 4.79 Å². The van der Waals surface area contributed by atoms with Gasteiger partial charge < -0.3 is 19.9 Å². The number of benzene rings is 1. The number of alkyl carbamates (subject to hydrolysis) is 1. The highest BCUT2D eigenvalue weighted by molar-refractivity contribution is 5.69. The maximum Gasteiger partial charge on any atom is 0.420 e. The molecule has 1 fully saturated rings. The smallest absolute Gasteiger partial charge is 0.420 e. The zero-order chi connectivity index (χ0) is 27.8. The van der Waals surface area contributed by atoms with Gasteiger partial charge in [0.1, 0.15) is 16.9 Å². The number of amides is 1. The SMILES string of the molecule is CC(C)(C)OC(=O)N[C@@](C)(CO)[C@H]1CCc2c(ccc(OC3CCC(C(C)(C)C)CC3)c2C(F)(F)F)C1. The number of nitrogens with one attached hydrogen (secondary N) is 1. The monoisotopic (exact) mass is 527 g/mol. The molecule has 2 atom stereocenters. The Balaban J connectivity index is 1.80. The number of carbonyl (C=O) groups is 1. The van der Waals surface area contributed by atoms with Crippen LogP contribution in [0.5, 0.6) is 5.75 Å². The van der Waals surface area contributed by atoms with Gasteiger partial charge in [-0.15, -0.1) is 0 Å². The van der Waals surface area contributed by atoms with Crippen molar-refractivity contribution in [1.82, 2.24) is 5.32 Å². The Morgan fingerprint density at radius 1 is 0.973 bits per heavy atom. The van der Waals surface area contributed by atoms with E-state index in [4.69, 9.17) is 9.47 Å². The lowest BCUT2D eigenvalue weighted by Crippen LogP contribution is -2.56. The minimum atomic E-state index is -4.54. The van der Waals surface area contributed by atoms with Crippen molar-refractivity contribution in [3.63, 3.8) is 0 Å². The summed E-state index contributed by atoms with van der Waals surface area (Å²) in [5.41, 5.74) is -1.37. The van der Waals surface area contributed by atoms with Crippen molar-refractivity contribution in [2.45, 2.75) is 117 Å². The molecule has 3 rings (SSSR count). The standard InChI is InChI=1S/C29H44F3NO4/c1-26(2,3)19-9-12-21(13-10-19)36-23-15-8-18-16-20(11-14-22(18)24(23)29(30,31)32)28(7,17-34)33-25(35)37-27(4,5)6/h8,15,19-21,34H,9-14,16-17H2,1-7H3,(H,33,35)/t19?,20-,21?,28-/m0/s1. The van der Waals surface area contributed by atoms with Crippen molar-refractivity contribution in [3.05, 3.63) is 28.8 Å². The summed E-state index contributed by atoms with van der Waals surface area (Å²) in [5.74, 6) is 0.212. The molecule has 2 N–H and O–H groups in total. The molecule has 8 heteroatoms. The van der Waals surface area contributed by atoms with Crippen LogP contribution in [0.15, 0.2) is 12.1 Å². The molecule has 37 heavy (non-hydrogen) atoms. The van der Waals surface area contributed by atoms with Crippen molar-refractivity contribution < 1.29 is 32.5 Å². The number of hydrogen-bond donors (Lipinski definition) is 2. The van der Waals surface area contributed by atoms with E-state index in [0.29, 0.717) is 24.3 Å². The minimum absolute atomic E-state index is 0.0827. The Bertz CT molecular complexity index is 956. The number of aliphatic hydroxyl groups excluding tert-OH is 1. The average molecular weight is 528 g/mol. The molecule has 2 aliphatic carbocycles. The van der Waals surface area contributed by atoms with Gasteiger partial charge in [0.2, 0.25) is 0 Å². The molecule has 0 spiro atoms. The van der Waals surface area contributed by atoms with Gasteiger partial charge in [-0.1, -0.05) is 26.8 Å². The molecule has 1 aromatic rings. The third-order valence-corrected chi connectivity index (χ3v) is 8.07. The van der Waals surface area contributed by atoms with Crippen LogP contribution < -0.4 is 10.1 Å². The quantitative estimate of drug-likeness (QED) is 0.430. The molecule has 0 saturated heterocycles. The van der Waals surface area contributed by atoms with E-state index >= 15 is 0 Å². The molecule has 210 valence electrons. The maximum atomic E-state index is 14.3. The second-order valence-corrected chi connectivity index (χ2v) is 13.2. The highest BCUT2D eigenvalue weighted by atomic mass is 19.4. The molecular formula is C29H44F3NO4. The summed E-state index contributed by atoms with van der Waals surface area (Å²) in [6.07, 6.45) is -1.11. The first-order chi connectivity index (χ1) is 16.9. The molecule has 1 saturated carbocycles. The van der Waals surface area contributed by atoms with E-state index in [1.165, 1.54) is 6.07 Å². The second kappa shape index (κ2) is 10.7. The molecule has 0 radical (unpaired) electrons. The Morgan fingerprint density at radius 3 is 2.11 bits per heavy atom. The van der Waals surface area contributed by atoms with Crippen LogP contribution in [0.2, 0.25) is 0 Å². The topological polar surface area (TPSA) is 67.8 Å². The zero-order valence-electron chi connectivity index (χ0n) is 23.3. The van der Waals surface area contributed by atoms with Crippen LogP contribution in [0.3, 0.4) is 0 Å². The highest BCUT2D eigenvalue weighted by Gasteiger charge is 2.43. The van der Waals surface area contributed by atoms with Crippen molar-refractivity contribution in [1.29, 1.82) is 0 Å². The summed E-state index contributed by atoms with van der Waals surface area (Å²) in [6.45, 7) is 13.2. The van der Waals surface area contributed by atoms with Gasteiger partial charge in [-0.2, -0.15) is 13.2 Å². The third-order valence-electron chi connectivity index (χ3n) is 8.07. The maximum absolute atomic E-state index is 14.3. The van der Waals surface area contributed by atoms with Crippen LogP contribution in [0.25, 0.3) is 0 Å². The molecule has 1 amide bonds. The van der Waals surface area contributed by atoms with Crippen molar-refractivity contribution in [2.24, 2.45) is 17.3 Å². The number of halogens is 3. The summed E-state index contributed by atoms with van der Waals surface area (Å²) in [6, 6.07) is 3.18. The summed E-state index contributed by atoms with van der Waals surface area (Å²) < 4.78 is 54.4. The number of hydrogen-bond acceptors (Lipinski definition) is 4. The number of alkyl halides is 3. The molecular weight excluding hydrogens is 483 g/mol. The van der Waals surface area contributed by atoms with Crippen LogP contribution >= 0.6 is 0 Å². The molecule has 0 bridgehead atoms. The summed E-state index contributed by atoms with van der Waals surface area (Å²) >= 11 is 0. The van der Waals surface area contributed by atoms with E-state index in [2.05, 4.69) is 26.1 Å². The van der Waals surface area contributed by atoms with E-state index in [-0.39, 0.29) is 41.8 Å². The van der Waals surface area contributed by atoms with Gasteiger partial charge in [-0.3, -0.25) is 0 Å². The Labute approximate surface area is 219 Å². The Morgan fingerprint density at radius 2 is 1.59 bits per heavy atom. The van der Waals surface area contributed by atoms with Gasteiger partial charge >= 0.3 is 12.3 Å². The van der Waals surface area contributed by atoms with E-state index < -0.39 is 29.0 Å². The first-order valence-electron chi connectivity index (χ1n) is 13.4. The van der Waals surface area contributed by atoms with E-state index in [9.17, 15) is 23.1 Å². The first-order valence-corrected chi connectivity index (χ1v) is 13.4. The number of ether oxygens (including phenoxy) is 2. The van der Waals surface area contributed by atoms with Gasteiger partial charge in [-0.05, 0) is 107 Å². The van der Waals surface area contributed by atoms with Gasteiger partial charge in [0.25, 0.3) is 0 Å². The van der Waals surface area contributed by atoms with E-state index in [1.807, 2.05) is 0 Å². The molecule has 0 aromatic heterocycles. The van der Waals surface area contributed by atoms with Gasteiger partial charge in [0.05, 0.1) is 18.2 Å². The lowest BCUT2D eigenvalue weighted by Gasteiger charge is -2.41. The van der Waals surface area contributed by atoms with Crippen molar-refractivity contribution in [2.75, 3.05) is 6.61 Å². The molecule has 0 unspecified atom stereocenters.